The first kappa shape index (κ1) is 12.5. The summed E-state index contributed by atoms with van der Waals surface area (Å²) in [5.74, 6) is 0.466. The summed E-state index contributed by atoms with van der Waals surface area (Å²) >= 11 is 3.13. The fraction of sp³-hybridized carbons (Fsp3) is 0.273. The molecule has 2 aromatic rings. The summed E-state index contributed by atoms with van der Waals surface area (Å²) in [6.07, 6.45) is 0. The molecule has 0 radical (unpaired) electrons. The highest BCUT2D eigenvalue weighted by atomic mass is 32.2. The van der Waals surface area contributed by atoms with Crippen LogP contribution in [0.1, 0.15) is 16.6 Å². The lowest BCUT2D eigenvalue weighted by atomic mass is 10.1. The number of nitrogens with two attached hydrogens (primary N) is 1. The second-order valence-corrected chi connectivity index (χ2v) is 6.00. The Morgan fingerprint density at radius 3 is 2.65 bits per heavy atom. The number of rotatable bonds is 4. The van der Waals surface area contributed by atoms with Crippen LogP contribution in [-0.2, 0) is 0 Å². The molecule has 1 unspecified atom stereocenters. The Labute approximate surface area is 107 Å². The maximum atomic E-state index is 12.7. The number of benzene rings is 1. The van der Waals surface area contributed by atoms with Crippen LogP contribution in [0.2, 0.25) is 0 Å². The van der Waals surface area contributed by atoms with Gasteiger partial charge in [-0.2, -0.15) is 0 Å². The Morgan fingerprint density at radius 2 is 2.06 bits per heavy atom. The van der Waals surface area contributed by atoms with Gasteiger partial charge in [0.15, 0.2) is 4.34 Å². The first-order valence-corrected chi connectivity index (χ1v) is 6.89. The predicted molar refractivity (Wildman–Crippen MR) is 68.7 cm³/mol. The molecule has 0 amide bonds. The third-order valence-corrected chi connectivity index (χ3v) is 4.28. The standard InChI is InChI=1S/C11H12FN3S2/c1-7-14-15-11(17-7)16-6-10(13)8-2-4-9(12)5-3-8/h2-5,10H,6,13H2,1H3. The zero-order chi connectivity index (χ0) is 12.3. The Hall–Kier alpha value is -0.980. The second kappa shape index (κ2) is 5.57. The molecule has 3 nitrogen and oxygen atoms in total. The quantitative estimate of drug-likeness (QED) is 0.867. The van der Waals surface area contributed by atoms with Gasteiger partial charge >= 0.3 is 0 Å². The molecule has 1 heterocycles. The van der Waals surface area contributed by atoms with E-state index < -0.39 is 0 Å². The number of halogens is 1. The molecule has 0 aliphatic heterocycles. The minimum atomic E-state index is -0.242. The molecular formula is C11H12FN3S2. The van der Waals surface area contributed by atoms with Crippen LogP contribution < -0.4 is 5.73 Å². The van der Waals surface area contributed by atoms with Gasteiger partial charge in [0.05, 0.1) is 0 Å². The van der Waals surface area contributed by atoms with E-state index in [0.29, 0.717) is 5.75 Å². The van der Waals surface area contributed by atoms with Crippen LogP contribution in [0.25, 0.3) is 0 Å². The Bertz CT molecular complexity index is 484. The summed E-state index contributed by atoms with van der Waals surface area (Å²) in [5, 5.41) is 8.89. The summed E-state index contributed by atoms with van der Waals surface area (Å²) in [6, 6.07) is 6.16. The summed E-state index contributed by atoms with van der Waals surface area (Å²) < 4.78 is 13.7. The van der Waals surface area contributed by atoms with E-state index in [4.69, 9.17) is 5.73 Å². The summed E-state index contributed by atoms with van der Waals surface area (Å²) in [5.41, 5.74) is 6.94. The SMILES string of the molecule is Cc1nnc(SCC(N)c2ccc(F)cc2)s1. The van der Waals surface area contributed by atoms with Gasteiger partial charge in [-0.05, 0) is 24.6 Å². The average molecular weight is 269 g/mol. The monoisotopic (exact) mass is 269 g/mol. The van der Waals surface area contributed by atoms with Gasteiger partial charge in [0.2, 0.25) is 0 Å². The summed E-state index contributed by atoms with van der Waals surface area (Å²) in [7, 11) is 0. The Balaban J connectivity index is 1.93. The molecule has 2 rings (SSSR count). The number of hydrogen-bond acceptors (Lipinski definition) is 5. The maximum absolute atomic E-state index is 12.7. The third kappa shape index (κ3) is 3.49. The van der Waals surface area contributed by atoms with Crippen molar-refractivity contribution < 1.29 is 4.39 Å². The van der Waals surface area contributed by atoms with Gasteiger partial charge in [0.1, 0.15) is 10.8 Å². The van der Waals surface area contributed by atoms with Crippen molar-refractivity contribution in [1.82, 2.24) is 10.2 Å². The molecule has 17 heavy (non-hydrogen) atoms. The van der Waals surface area contributed by atoms with E-state index in [1.54, 1.807) is 35.2 Å². The van der Waals surface area contributed by atoms with Crippen LogP contribution in [0.4, 0.5) is 4.39 Å². The highest BCUT2D eigenvalue weighted by Gasteiger charge is 2.09. The highest BCUT2D eigenvalue weighted by Crippen LogP contribution is 2.25. The number of aromatic nitrogens is 2. The van der Waals surface area contributed by atoms with Crippen LogP contribution in [0.15, 0.2) is 28.6 Å². The van der Waals surface area contributed by atoms with Crippen molar-refractivity contribution in [3.8, 4) is 0 Å². The van der Waals surface area contributed by atoms with Crippen LogP contribution >= 0.6 is 23.1 Å². The fourth-order valence-corrected chi connectivity index (χ4v) is 3.13. The van der Waals surface area contributed by atoms with Gasteiger partial charge < -0.3 is 5.73 Å². The number of hydrogen-bond donors (Lipinski definition) is 1. The molecule has 0 aliphatic rings. The van der Waals surface area contributed by atoms with Gasteiger partial charge in [-0.25, -0.2) is 4.39 Å². The molecule has 0 bridgehead atoms. The largest absolute Gasteiger partial charge is 0.323 e. The molecule has 1 atom stereocenters. The lowest BCUT2D eigenvalue weighted by Gasteiger charge is -2.10. The number of nitrogens with zero attached hydrogens (tertiary/aromatic N) is 2. The van der Waals surface area contributed by atoms with Gasteiger partial charge in [0.25, 0.3) is 0 Å². The van der Waals surface area contributed by atoms with Crippen molar-refractivity contribution in [2.75, 3.05) is 5.75 Å². The van der Waals surface area contributed by atoms with Gasteiger partial charge in [-0.15, -0.1) is 10.2 Å². The topological polar surface area (TPSA) is 51.8 Å². The normalized spacial score (nSPS) is 12.6. The first-order chi connectivity index (χ1) is 8.15. The molecule has 1 aromatic carbocycles. The molecule has 0 spiro atoms. The lowest BCUT2D eigenvalue weighted by molar-refractivity contribution is 0.626. The van der Waals surface area contributed by atoms with Crippen LogP contribution in [0.5, 0.6) is 0 Å². The molecule has 0 saturated carbocycles. The molecule has 6 heteroatoms. The Kier molecular flexibility index (Phi) is 4.09. The van der Waals surface area contributed by atoms with Crippen molar-refractivity contribution in [1.29, 1.82) is 0 Å². The van der Waals surface area contributed by atoms with Crippen molar-refractivity contribution in [2.45, 2.75) is 17.3 Å². The zero-order valence-corrected chi connectivity index (χ0v) is 10.9. The maximum Gasteiger partial charge on any atom is 0.174 e. The number of aryl methyl sites for hydroxylation is 1. The fourth-order valence-electron chi connectivity index (χ4n) is 1.30. The summed E-state index contributed by atoms with van der Waals surface area (Å²) in [6.45, 7) is 1.92. The van der Waals surface area contributed by atoms with E-state index in [1.165, 1.54) is 12.1 Å². The number of thioether (sulfide) groups is 1. The van der Waals surface area contributed by atoms with Crippen molar-refractivity contribution >= 4 is 23.1 Å². The molecule has 1 aromatic heterocycles. The minimum absolute atomic E-state index is 0.121. The lowest BCUT2D eigenvalue weighted by Crippen LogP contribution is -2.12. The van der Waals surface area contributed by atoms with Crippen LogP contribution in [0, 0.1) is 12.7 Å². The Morgan fingerprint density at radius 1 is 1.35 bits per heavy atom. The minimum Gasteiger partial charge on any atom is -0.323 e. The van der Waals surface area contributed by atoms with Crippen molar-refractivity contribution in [3.05, 3.63) is 40.7 Å². The van der Waals surface area contributed by atoms with E-state index >= 15 is 0 Å². The smallest absolute Gasteiger partial charge is 0.174 e. The average Bonchev–Trinajstić information content (AvgIpc) is 2.73. The summed E-state index contributed by atoms with van der Waals surface area (Å²) in [4.78, 5) is 0. The van der Waals surface area contributed by atoms with E-state index in [1.807, 2.05) is 6.92 Å². The van der Waals surface area contributed by atoms with Gasteiger partial charge in [0, 0.05) is 11.8 Å². The molecule has 2 N–H and O–H groups in total. The molecule has 0 aliphatic carbocycles. The van der Waals surface area contributed by atoms with Gasteiger partial charge in [-0.3, -0.25) is 0 Å². The predicted octanol–water partition coefficient (Wildman–Crippen LogP) is 2.78. The van der Waals surface area contributed by atoms with Crippen molar-refractivity contribution in [3.63, 3.8) is 0 Å². The van der Waals surface area contributed by atoms with Gasteiger partial charge in [-0.1, -0.05) is 35.2 Å². The zero-order valence-electron chi connectivity index (χ0n) is 9.26. The highest BCUT2D eigenvalue weighted by molar-refractivity contribution is 8.01. The molecular weight excluding hydrogens is 257 g/mol. The van der Waals surface area contributed by atoms with E-state index in [2.05, 4.69) is 10.2 Å². The van der Waals surface area contributed by atoms with Crippen molar-refractivity contribution in [2.24, 2.45) is 5.73 Å². The van der Waals surface area contributed by atoms with Crippen LogP contribution in [-0.4, -0.2) is 16.0 Å². The van der Waals surface area contributed by atoms with E-state index in [9.17, 15) is 4.39 Å². The second-order valence-electron chi connectivity index (χ2n) is 3.56. The van der Waals surface area contributed by atoms with E-state index in [-0.39, 0.29) is 11.9 Å². The van der Waals surface area contributed by atoms with Crippen LogP contribution in [0.3, 0.4) is 0 Å². The molecule has 0 saturated heterocycles. The first-order valence-electron chi connectivity index (χ1n) is 5.09. The molecule has 0 fully saturated rings. The molecule has 90 valence electrons. The third-order valence-electron chi connectivity index (χ3n) is 2.19. The van der Waals surface area contributed by atoms with E-state index in [0.717, 1.165) is 14.9 Å².